The van der Waals surface area contributed by atoms with Crippen molar-refractivity contribution in [3.63, 3.8) is 0 Å². The molecule has 0 aliphatic carbocycles. The van der Waals surface area contributed by atoms with Gasteiger partial charge in [-0.2, -0.15) is 0 Å². The Morgan fingerprint density at radius 3 is 1.87 bits per heavy atom. The van der Waals surface area contributed by atoms with Gasteiger partial charge < -0.3 is 0 Å². The van der Waals surface area contributed by atoms with E-state index in [0.29, 0.717) is 0 Å². The van der Waals surface area contributed by atoms with Crippen molar-refractivity contribution in [3.05, 3.63) is 101 Å². The van der Waals surface area contributed by atoms with E-state index in [1.54, 1.807) is 0 Å². The Morgan fingerprint density at radius 1 is 0.533 bits per heavy atom. The first-order chi connectivity index (χ1) is 14.4. The molecular formula is C29H30N+. The normalized spacial score (nSPS) is 11.0. The van der Waals surface area contributed by atoms with E-state index >= 15 is 0 Å². The molecular weight excluding hydrogens is 362 g/mol. The van der Waals surface area contributed by atoms with Crippen molar-refractivity contribution in [2.24, 2.45) is 7.05 Å². The van der Waals surface area contributed by atoms with E-state index in [2.05, 4.69) is 119 Å². The summed E-state index contributed by atoms with van der Waals surface area (Å²) in [4.78, 5) is 0. The van der Waals surface area contributed by atoms with Gasteiger partial charge in [-0.25, -0.2) is 4.57 Å². The summed E-state index contributed by atoms with van der Waals surface area (Å²) in [6, 6.07) is 24.4. The average molecular weight is 393 g/mol. The van der Waals surface area contributed by atoms with Gasteiger partial charge in [0.1, 0.15) is 7.05 Å². The van der Waals surface area contributed by atoms with Crippen LogP contribution in [0.25, 0.3) is 33.5 Å². The van der Waals surface area contributed by atoms with Crippen LogP contribution < -0.4 is 4.57 Å². The Balaban J connectivity index is 1.94. The fourth-order valence-corrected chi connectivity index (χ4v) is 4.52. The molecule has 0 saturated carbocycles. The Bertz CT molecular complexity index is 1230. The zero-order valence-electron chi connectivity index (χ0n) is 18.9. The fraction of sp³-hybridized carbons (Fsp3) is 0.207. The maximum Gasteiger partial charge on any atom is 0.213 e. The van der Waals surface area contributed by atoms with E-state index in [4.69, 9.17) is 0 Å². The minimum Gasteiger partial charge on any atom is -0.201 e. The number of pyridine rings is 1. The first kappa shape index (κ1) is 20.1. The molecule has 0 saturated heterocycles. The molecule has 0 spiro atoms. The number of aryl methyl sites for hydroxylation is 6. The molecule has 1 aromatic heterocycles. The maximum absolute atomic E-state index is 2.37. The SMILES string of the molecule is Cc1ccccc1-c1ccc(C)c(-c2cc(-c3c(C)cccc3C)c(C)c[n+]2C)c1. The van der Waals surface area contributed by atoms with Crippen LogP contribution in [0.15, 0.2) is 72.9 Å². The molecule has 30 heavy (non-hydrogen) atoms. The van der Waals surface area contributed by atoms with Gasteiger partial charge >= 0.3 is 0 Å². The topological polar surface area (TPSA) is 3.88 Å². The van der Waals surface area contributed by atoms with Crippen molar-refractivity contribution in [1.29, 1.82) is 0 Å². The summed E-state index contributed by atoms with van der Waals surface area (Å²) in [6.07, 6.45) is 2.26. The number of benzene rings is 3. The Kier molecular flexibility index (Phi) is 5.30. The highest BCUT2D eigenvalue weighted by Crippen LogP contribution is 2.34. The van der Waals surface area contributed by atoms with Crippen molar-refractivity contribution in [2.75, 3.05) is 0 Å². The molecule has 0 radical (unpaired) electrons. The number of hydrogen-bond acceptors (Lipinski definition) is 0. The highest BCUT2D eigenvalue weighted by atomic mass is 14.9. The van der Waals surface area contributed by atoms with E-state index in [1.807, 2.05) is 0 Å². The number of rotatable bonds is 3. The molecule has 4 aromatic rings. The first-order valence-electron chi connectivity index (χ1n) is 10.6. The highest BCUT2D eigenvalue weighted by Gasteiger charge is 2.19. The largest absolute Gasteiger partial charge is 0.213 e. The molecule has 0 N–H and O–H groups in total. The van der Waals surface area contributed by atoms with E-state index in [1.165, 1.54) is 61.3 Å². The third-order valence-corrected chi connectivity index (χ3v) is 6.19. The predicted molar refractivity (Wildman–Crippen MR) is 128 cm³/mol. The molecule has 1 nitrogen and oxygen atoms in total. The van der Waals surface area contributed by atoms with Crippen LogP contribution in [0.1, 0.15) is 27.8 Å². The van der Waals surface area contributed by atoms with Gasteiger partial charge in [0.05, 0.1) is 0 Å². The molecule has 1 heteroatoms. The lowest BCUT2D eigenvalue weighted by Gasteiger charge is -2.15. The second-order valence-corrected chi connectivity index (χ2v) is 8.48. The second kappa shape index (κ2) is 7.91. The zero-order chi connectivity index (χ0) is 21.4. The van der Waals surface area contributed by atoms with Crippen LogP contribution in [0.4, 0.5) is 0 Å². The molecule has 150 valence electrons. The van der Waals surface area contributed by atoms with Crippen LogP contribution in [0.5, 0.6) is 0 Å². The molecule has 0 aliphatic heterocycles. The van der Waals surface area contributed by atoms with Crippen molar-refractivity contribution < 1.29 is 4.57 Å². The third-order valence-electron chi connectivity index (χ3n) is 6.19. The van der Waals surface area contributed by atoms with Gasteiger partial charge in [0, 0.05) is 17.2 Å². The molecule has 0 bridgehead atoms. The lowest BCUT2D eigenvalue weighted by molar-refractivity contribution is -0.660. The lowest BCUT2D eigenvalue weighted by atomic mass is 9.90. The molecule has 4 rings (SSSR count). The van der Waals surface area contributed by atoms with Crippen LogP contribution in [0.2, 0.25) is 0 Å². The van der Waals surface area contributed by atoms with E-state index in [-0.39, 0.29) is 0 Å². The average Bonchev–Trinajstić information content (AvgIpc) is 2.70. The molecule has 0 amide bonds. The Labute approximate surface area is 180 Å². The van der Waals surface area contributed by atoms with Crippen molar-refractivity contribution in [1.82, 2.24) is 0 Å². The lowest BCUT2D eigenvalue weighted by Crippen LogP contribution is -2.31. The number of nitrogens with zero attached hydrogens (tertiary/aromatic N) is 1. The second-order valence-electron chi connectivity index (χ2n) is 8.48. The van der Waals surface area contributed by atoms with Crippen molar-refractivity contribution >= 4 is 0 Å². The summed E-state index contributed by atoms with van der Waals surface area (Å²) >= 11 is 0. The summed E-state index contributed by atoms with van der Waals surface area (Å²) in [7, 11) is 2.15. The smallest absolute Gasteiger partial charge is 0.201 e. The standard InChI is InChI=1S/C29H30N/c1-19-10-7-8-13-25(19)24-15-14-20(2)26(16-24)28-17-27(23(5)18-30(28)6)29-21(3)11-9-12-22(29)4/h7-18H,1-6H3/q+1. The molecule has 3 aromatic carbocycles. The van der Waals surface area contributed by atoms with Gasteiger partial charge in [0.25, 0.3) is 0 Å². The minimum atomic E-state index is 1.24. The van der Waals surface area contributed by atoms with E-state index in [0.717, 1.165) is 0 Å². The molecule has 0 atom stereocenters. The van der Waals surface area contributed by atoms with Gasteiger partial charge in [-0.1, -0.05) is 54.6 Å². The van der Waals surface area contributed by atoms with Crippen LogP contribution in [-0.2, 0) is 7.05 Å². The molecule has 0 aliphatic rings. The summed E-state index contributed by atoms with van der Waals surface area (Å²) < 4.78 is 2.26. The van der Waals surface area contributed by atoms with Crippen molar-refractivity contribution in [2.45, 2.75) is 34.6 Å². The zero-order valence-corrected chi connectivity index (χ0v) is 18.9. The minimum absolute atomic E-state index is 1.24. The molecule has 0 fully saturated rings. The molecule has 0 unspecified atom stereocenters. The van der Waals surface area contributed by atoms with Gasteiger partial charge in [0.15, 0.2) is 6.20 Å². The van der Waals surface area contributed by atoms with Crippen LogP contribution >= 0.6 is 0 Å². The number of hydrogen-bond donors (Lipinski definition) is 0. The van der Waals surface area contributed by atoms with Crippen LogP contribution in [0, 0.1) is 34.6 Å². The van der Waals surface area contributed by atoms with Crippen LogP contribution in [0.3, 0.4) is 0 Å². The van der Waals surface area contributed by atoms with Gasteiger partial charge in [0.2, 0.25) is 5.69 Å². The summed E-state index contributed by atoms with van der Waals surface area (Å²) in [5, 5.41) is 0. The fourth-order valence-electron chi connectivity index (χ4n) is 4.52. The summed E-state index contributed by atoms with van der Waals surface area (Å²) in [6.45, 7) is 11.0. The van der Waals surface area contributed by atoms with Crippen molar-refractivity contribution in [3.8, 4) is 33.5 Å². The summed E-state index contributed by atoms with van der Waals surface area (Å²) in [5.74, 6) is 0. The maximum atomic E-state index is 2.37. The quantitative estimate of drug-likeness (QED) is 0.329. The van der Waals surface area contributed by atoms with Gasteiger partial charge in [-0.05, 0) is 85.2 Å². The van der Waals surface area contributed by atoms with Crippen LogP contribution in [-0.4, -0.2) is 0 Å². The van der Waals surface area contributed by atoms with Gasteiger partial charge in [-0.3, -0.25) is 0 Å². The first-order valence-corrected chi connectivity index (χ1v) is 10.6. The Hall–Kier alpha value is -3.19. The predicted octanol–water partition coefficient (Wildman–Crippen LogP) is 7.05. The summed E-state index contributed by atoms with van der Waals surface area (Å²) in [5.41, 5.74) is 14.3. The van der Waals surface area contributed by atoms with Gasteiger partial charge in [-0.15, -0.1) is 0 Å². The highest BCUT2D eigenvalue weighted by molar-refractivity contribution is 5.79. The number of aromatic nitrogens is 1. The Morgan fingerprint density at radius 2 is 1.17 bits per heavy atom. The monoisotopic (exact) mass is 392 g/mol. The van der Waals surface area contributed by atoms with E-state index in [9.17, 15) is 0 Å². The van der Waals surface area contributed by atoms with E-state index < -0.39 is 0 Å². The molecule has 1 heterocycles. The third kappa shape index (κ3) is 3.57.